The molecule has 1 atom stereocenters. The summed E-state index contributed by atoms with van der Waals surface area (Å²) in [6.45, 7) is 10.2. The SMILES string of the molecule is Cc1ccc(NC(=O)CSCC(=O)N[C@@H](C)C(C)(C)C)cc1. The number of anilines is 1. The first-order chi connectivity index (χ1) is 10.2. The molecule has 0 radical (unpaired) electrons. The Labute approximate surface area is 137 Å². The van der Waals surface area contributed by atoms with E-state index in [0.717, 1.165) is 11.3 Å². The van der Waals surface area contributed by atoms with Gasteiger partial charge in [-0.15, -0.1) is 11.8 Å². The fraction of sp³-hybridized carbons (Fsp3) is 0.529. The van der Waals surface area contributed by atoms with E-state index in [-0.39, 0.29) is 29.0 Å². The van der Waals surface area contributed by atoms with Crippen molar-refractivity contribution in [3.8, 4) is 0 Å². The monoisotopic (exact) mass is 322 g/mol. The Bertz CT molecular complexity index is 506. The Morgan fingerprint density at radius 2 is 1.64 bits per heavy atom. The first-order valence-corrected chi connectivity index (χ1v) is 8.57. The molecule has 4 nitrogen and oxygen atoms in total. The number of benzene rings is 1. The second kappa shape index (κ2) is 8.22. The average molecular weight is 322 g/mol. The largest absolute Gasteiger partial charge is 0.352 e. The number of thioether (sulfide) groups is 1. The number of hydrogen-bond acceptors (Lipinski definition) is 3. The lowest BCUT2D eigenvalue weighted by Crippen LogP contribution is -2.42. The van der Waals surface area contributed by atoms with Crippen molar-refractivity contribution in [1.82, 2.24) is 5.32 Å². The van der Waals surface area contributed by atoms with Crippen LogP contribution in [0, 0.1) is 12.3 Å². The number of amides is 2. The van der Waals surface area contributed by atoms with Crippen LogP contribution in [-0.4, -0.2) is 29.4 Å². The van der Waals surface area contributed by atoms with E-state index in [0.29, 0.717) is 5.75 Å². The zero-order valence-corrected chi connectivity index (χ0v) is 14.8. The molecule has 1 aromatic carbocycles. The standard InChI is InChI=1S/C17H26N2O2S/c1-12-6-8-14(9-7-12)19-16(21)11-22-10-15(20)18-13(2)17(3,4)5/h6-9,13H,10-11H2,1-5H3,(H,18,20)(H,19,21)/t13-/m0/s1. The molecule has 0 aliphatic heterocycles. The van der Waals surface area contributed by atoms with Crippen molar-refractivity contribution in [3.63, 3.8) is 0 Å². The van der Waals surface area contributed by atoms with Gasteiger partial charge in [-0.2, -0.15) is 0 Å². The maximum atomic E-state index is 11.8. The summed E-state index contributed by atoms with van der Waals surface area (Å²) in [5.41, 5.74) is 1.96. The number of hydrogen-bond donors (Lipinski definition) is 2. The summed E-state index contributed by atoms with van der Waals surface area (Å²) in [5.74, 6) is 0.438. The Balaban J connectivity index is 2.27. The summed E-state index contributed by atoms with van der Waals surface area (Å²) in [7, 11) is 0. The molecule has 0 saturated heterocycles. The lowest BCUT2D eigenvalue weighted by Gasteiger charge is -2.28. The van der Waals surface area contributed by atoms with Crippen LogP contribution < -0.4 is 10.6 Å². The minimum absolute atomic E-state index is 0.0309. The summed E-state index contributed by atoms with van der Waals surface area (Å²) in [5, 5.41) is 5.77. The highest BCUT2D eigenvalue weighted by atomic mass is 32.2. The molecule has 0 aliphatic rings. The third-order valence-electron chi connectivity index (χ3n) is 3.48. The van der Waals surface area contributed by atoms with E-state index in [2.05, 4.69) is 31.4 Å². The third kappa shape index (κ3) is 6.98. The summed E-state index contributed by atoms with van der Waals surface area (Å²) in [6.07, 6.45) is 0. The van der Waals surface area contributed by atoms with Crippen LogP contribution in [0.15, 0.2) is 24.3 Å². The molecule has 0 unspecified atom stereocenters. The predicted octanol–water partition coefficient (Wildman–Crippen LogP) is 3.22. The molecule has 122 valence electrons. The smallest absolute Gasteiger partial charge is 0.234 e. The van der Waals surface area contributed by atoms with Crippen LogP contribution in [0.2, 0.25) is 0 Å². The second-order valence-corrected chi connectivity index (χ2v) is 7.55. The van der Waals surface area contributed by atoms with Crippen LogP contribution in [0.1, 0.15) is 33.3 Å². The third-order valence-corrected chi connectivity index (χ3v) is 4.41. The van der Waals surface area contributed by atoms with Gasteiger partial charge in [-0.05, 0) is 31.4 Å². The zero-order chi connectivity index (χ0) is 16.8. The van der Waals surface area contributed by atoms with Gasteiger partial charge in [-0.25, -0.2) is 0 Å². The van der Waals surface area contributed by atoms with Gasteiger partial charge in [0.05, 0.1) is 11.5 Å². The molecule has 22 heavy (non-hydrogen) atoms. The second-order valence-electron chi connectivity index (χ2n) is 6.56. The van der Waals surface area contributed by atoms with Gasteiger partial charge in [-0.3, -0.25) is 9.59 Å². The quantitative estimate of drug-likeness (QED) is 0.845. The first-order valence-electron chi connectivity index (χ1n) is 7.42. The van der Waals surface area contributed by atoms with Gasteiger partial charge in [-0.1, -0.05) is 38.5 Å². The van der Waals surface area contributed by atoms with Gasteiger partial charge in [0.2, 0.25) is 11.8 Å². The van der Waals surface area contributed by atoms with Crippen molar-refractivity contribution in [1.29, 1.82) is 0 Å². The highest BCUT2D eigenvalue weighted by molar-refractivity contribution is 8.00. The van der Waals surface area contributed by atoms with Crippen LogP contribution >= 0.6 is 11.8 Å². The van der Waals surface area contributed by atoms with E-state index in [1.165, 1.54) is 11.8 Å². The molecule has 0 bridgehead atoms. The summed E-state index contributed by atoms with van der Waals surface area (Å²) in [6, 6.07) is 7.74. The van der Waals surface area contributed by atoms with E-state index in [1.807, 2.05) is 38.1 Å². The van der Waals surface area contributed by atoms with Crippen LogP contribution in [0.4, 0.5) is 5.69 Å². The summed E-state index contributed by atoms with van der Waals surface area (Å²) < 4.78 is 0. The number of nitrogens with one attached hydrogen (secondary N) is 2. The van der Waals surface area contributed by atoms with Crippen LogP contribution in [0.5, 0.6) is 0 Å². The van der Waals surface area contributed by atoms with Crippen LogP contribution in [-0.2, 0) is 9.59 Å². The summed E-state index contributed by atoms with van der Waals surface area (Å²) in [4.78, 5) is 23.6. The van der Waals surface area contributed by atoms with Crippen molar-refractivity contribution in [3.05, 3.63) is 29.8 Å². The molecule has 2 amide bonds. The molecular formula is C17H26N2O2S. The number of rotatable bonds is 6. The van der Waals surface area contributed by atoms with Gasteiger partial charge in [0.15, 0.2) is 0 Å². The molecule has 0 saturated carbocycles. The molecule has 0 fully saturated rings. The minimum atomic E-state index is -0.0921. The molecular weight excluding hydrogens is 296 g/mol. The minimum Gasteiger partial charge on any atom is -0.352 e. The molecule has 0 aliphatic carbocycles. The Morgan fingerprint density at radius 3 is 2.18 bits per heavy atom. The van der Waals surface area contributed by atoms with E-state index >= 15 is 0 Å². The lowest BCUT2D eigenvalue weighted by molar-refractivity contribution is -0.119. The molecule has 1 aromatic rings. The maximum Gasteiger partial charge on any atom is 0.234 e. The number of aryl methyl sites for hydroxylation is 1. The van der Waals surface area contributed by atoms with Crippen molar-refractivity contribution in [2.45, 2.75) is 40.7 Å². The van der Waals surface area contributed by atoms with Crippen LogP contribution in [0.3, 0.4) is 0 Å². The highest BCUT2D eigenvalue weighted by Gasteiger charge is 2.21. The normalized spacial score (nSPS) is 12.6. The van der Waals surface area contributed by atoms with E-state index < -0.39 is 0 Å². The predicted molar refractivity (Wildman–Crippen MR) is 94.2 cm³/mol. The van der Waals surface area contributed by atoms with Gasteiger partial charge < -0.3 is 10.6 Å². The number of carbonyl (C=O) groups is 2. The van der Waals surface area contributed by atoms with Gasteiger partial charge in [0.1, 0.15) is 0 Å². The van der Waals surface area contributed by atoms with Crippen LogP contribution in [0.25, 0.3) is 0 Å². The van der Waals surface area contributed by atoms with Gasteiger partial charge >= 0.3 is 0 Å². The van der Waals surface area contributed by atoms with E-state index in [9.17, 15) is 9.59 Å². The maximum absolute atomic E-state index is 11.8. The Hall–Kier alpha value is -1.49. The van der Waals surface area contributed by atoms with E-state index in [4.69, 9.17) is 0 Å². The molecule has 0 spiro atoms. The summed E-state index contributed by atoms with van der Waals surface area (Å²) >= 11 is 1.32. The average Bonchev–Trinajstić information content (AvgIpc) is 2.40. The Morgan fingerprint density at radius 1 is 1.09 bits per heavy atom. The fourth-order valence-corrected chi connectivity index (χ4v) is 2.20. The molecule has 1 rings (SSSR count). The molecule has 2 N–H and O–H groups in total. The first kappa shape index (κ1) is 18.6. The molecule has 0 heterocycles. The van der Waals surface area contributed by atoms with Crippen molar-refractivity contribution in [2.75, 3.05) is 16.8 Å². The molecule has 5 heteroatoms. The fourth-order valence-electron chi connectivity index (χ4n) is 1.57. The van der Waals surface area contributed by atoms with Gasteiger partial charge in [0, 0.05) is 11.7 Å². The molecule has 0 aromatic heterocycles. The Kier molecular flexibility index (Phi) is 6.94. The lowest BCUT2D eigenvalue weighted by atomic mass is 9.88. The van der Waals surface area contributed by atoms with Crippen molar-refractivity contribution < 1.29 is 9.59 Å². The topological polar surface area (TPSA) is 58.2 Å². The highest BCUT2D eigenvalue weighted by Crippen LogP contribution is 2.18. The van der Waals surface area contributed by atoms with Gasteiger partial charge in [0.25, 0.3) is 0 Å². The zero-order valence-electron chi connectivity index (χ0n) is 14.0. The van der Waals surface area contributed by atoms with Crippen molar-refractivity contribution >= 4 is 29.3 Å². The number of carbonyl (C=O) groups excluding carboxylic acids is 2. The van der Waals surface area contributed by atoms with E-state index in [1.54, 1.807) is 0 Å². The van der Waals surface area contributed by atoms with Crippen molar-refractivity contribution in [2.24, 2.45) is 5.41 Å².